The van der Waals surface area contributed by atoms with Crippen LogP contribution in [0.4, 0.5) is 0 Å². The number of hydrogen-bond donors (Lipinski definition) is 0. The van der Waals surface area contributed by atoms with Gasteiger partial charge in [0.1, 0.15) is 5.69 Å². The van der Waals surface area contributed by atoms with E-state index in [9.17, 15) is 4.79 Å². The van der Waals surface area contributed by atoms with Crippen molar-refractivity contribution in [2.24, 2.45) is 7.05 Å². The Morgan fingerprint density at radius 3 is 3.00 bits per heavy atom. The van der Waals surface area contributed by atoms with Crippen molar-refractivity contribution >= 4 is 5.78 Å². The lowest BCUT2D eigenvalue weighted by molar-refractivity contribution is 0.104. The largest absolute Gasteiger partial charge is 0.340 e. The molecule has 64 valence electrons. The molecule has 0 radical (unpaired) electrons. The summed E-state index contributed by atoms with van der Waals surface area (Å²) in [6.45, 7) is 1.99. The van der Waals surface area contributed by atoms with Gasteiger partial charge in [0.15, 0.2) is 0 Å². The molecule has 3 nitrogen and oxygen atoms in total. The van der Waals surface area contributed by atoms with E-state index in [0.717, 1.165) is 6.42 Å². The molecule has 0 saturated carbocycles. The van der Waals surface area contributed by atoms with Crippen molar-refractivity contribution in [1.29, 1.82) is 0 Å². The van der Waals surface area contributed by atoms with Gasteiger partial charge in [-0.05, 0) is 12.5 Å². The molecule has 1 rings (SSSR count). The summed E-state index contributed by atoms with van der Waals surface area (Å²) < 4.78 is 1.76. The van der Waals surface area contributed by atoms with E-state index in [2.05, 4.69) is 4.98 Å². The number of rotatable bonds is 3. The maximum atomic E-state index is 11.3. The zero-order valence-corrected chi connectivity index (χ0v) is 7.32. The third kappa shape index (κ3) is 2.05. The molecule has 0 unspecified atom stereocenters. The fraction of sp³-hybridized carbons (Fsp3) is 0.333. The highest BCUT2D eigenvalue weighted by molar-refractivity contribution is 6.02. The number of imidazole rings is 1. The standard InChI is InChI=1S/C9H12N2O/c1-3-4-5-9(12)8-6-11(2)7-10-8/h4-7H,3H2,1-2H3/b5-4+. The molecule has 0 fully saturated rings. The fourth-order valence-corrected chi connectivity index (χ4v) is 0.850. The predicted molar refractivity (Wildman–Crippen MR) is 47.0 cm³/mol. The minimum Gasteiger partial charge on any atom is -0.340 e. The molecule has 0 aliphatic rings. The van der Waals surface area contributed by atoms with E-state index in [-0.39, 0.29) is 5.78 Å². The van der Waals surface area contributed by atoms with Gasteiger partial charge in [0.25, 0.3) is 0 Å². The van der Waals surface area contributed by atoms with Crippen molar-refractivity contribution in [2.45, 2.75) is 13.3 Å². The third-order valence-electron chi connectivity index (χ3n) is 1.46. The summed E-state index contributed by atoms with van der Waals surface area (Å²) in [6, 6.07) is 0. The number of carbonyl (C=O) groups excluding carboxylic acids is 1. The van der Waals surface area contributed by atoms with E-state index in [4.69, 9.17) is 0 Å². The van der Waals surface area contributed by atoms with Crippen LogP contribution >= 0.6 is 0 Å². The molecule has 0 saturated heterocycles. The molecule has 3 heteroatoms. The number of allylic oxidation sites excluding steroid dienone is 2. The number of aromatic nitrogens is 2. The molecule has 0 aromatic carbocycles. The molecular weight excluding hydrogens is 152 g/mol. The maximum absolute atomic E-state index is 11.3. The minimum atomic E-state index is -0.0301. The van der Waals surface area contributed by atoms with Crippen LogP contribution in [0.15, 0.2) is 24.7 Å². The minimum absolute atomic E-state index is 0.0301. The van der Waals surface area contributed by atoms with Gasteiger partial charge >= 0.3 is 0 Å². The molecule has 0 amide bonds. The Bertz CT molecular complexity index is 299. The van der Waals surface area contributed by atoms with Crippen molar-refractivity contribution in [1.82, 2.24) is 9.55 Å². The summed E-state index contributed by atoms with van der Waals surface area (Å²) in [4.78, 5) is 15.2. The summed E-state index contributed by atoms with van der Waals surface area (Å²) in [7, 11) is 1.84. The molecular formula is C9H12N2O. The second-order valence-electron chi connectivity index (χ2n) is 2.60. The highest BCUT2D eigenvalue weighted by Gasteiger charge is 2.02. The maximum Gasteiger partial charge on any atom is 0.205 e. The summed E-state index contributed by atoms with van der Waals surface area (Å²) in [5.41, 5.74) is 0.502. The highest BCUT2D eigenvalue weighted by Crippen LogP contribution is 1.97. The van der Waals surface area contributed by atoms with Crippen molar-refractivity contribution in [3.8, 4) is 0 Å². The lowest BCUT2D eigenvalue weighted by atomic mass is 10.2. The SMILES string of the molecule is CC/C=C/C(=O)c1cn(C)cn1. The number of nitrogens with zero attached hydrogens (tertiary/aromatic N) is 2. The normalized spacial score (nSPS) is 10.8. The van der Waals surface area contributed by atoms with Crippen LogP contribution in [-0.2, 0) is 7.05 Å². The van der Waals surface area contributed by atoms with Crippen LogP contribution in [0.3, 0.4) is 0 Å². The van der Waals surface area contributed by atoms with Gasteiger partial charge in [0, 0.05) is 13.2 Å². The van der Waals surface area contributed by atoms with Crippen LogP contribution in [-0.4, -0.2) is 15.3 Å². The Kier molecular flexibility index (Phi) is 2.80. The Balaban J connectivity index is 2.72. The van der Waals surface area contributed by atoms with E-state index >= 15 is 0 Å². The summed E-state index contributed by atoms with van der Waals surface area (Å²) in [5, 5.41) is 0. The molecule has 0 aliphatic carbocycles. The van der Waals surface area contributed by atoms with Crippen molar-refractivity contribution in [2.75, 3.05) is 0 Å². The van der Waals surface area contributed by atoms with Gasteiger partial charge in [0.05, 0.1) is 6.33 Å². The van der Waals surface area contributed by atoms with Gasteiger partial charge in [-0.15, -0.1) is 0 Å². The molecule has 0 spiro atoms. The lowest BCUT2D eigenvalue weighted by Crippen LogP contribution is -1.93. The van der Waals surface area contributed by atoms with E-state index in [0.29, 0.717) is 5.69 Å². The van der Waals surface area contributed by atoms with E-state index in [1.807, 2.05) is 20.0 Å². The number of aryl methyl sites for hydroxylation is 1. The summed E-state index contributed by atoms with van der Waals surface area (Å²) in [6.07, 6.45) is 7.59. The van der Waals surface area contributed by atoms with Gasteiger partial charge in [0.2, 0.25) is 5.78 Å². The Hall–Kier alpha value is -1.38. The second kappa shape index (κ2) is 3.85. The monoisotopic (exact) mass is 164 g/mol. The van der Waals surface area contributed by atoms with Gasteiger partial charge in [-0.1, -0.05) is 13.0 Å². The van der Waals surface area contributed by atoms with Gasteiger partial charge in [-0.2, -0.15) is 0 Å². The first-order valence-corrected chi connectivity index (χ1v) is 3.93. The number of carbonyl (C=O) groups is 1. The van der Waals surface area contributed by atoms with Crippen LogP contribution < -0.4 is 0 Å². The molecule has 0 aliphatic heterocycles. The Morgan fingerprint density at radius 2 is 2.50 bits per heavy atom. The van der Waals surface area contributed by atoms with E-state index < -0.39 is 0 Å². The number of ketones is 1. The Labute approximate surface area is 71.7 Å². The highest BCUT2D eigenvalue weighted by atomic mass is 16.1. The lowest BCUT2D eigenvalue weighted by Gasteiger charge is -1.85. The molecule has 0 atom stereocenters. The molecule has 1 aromatic rings. The van der Waals surface area contributed by atoms with Crippen LogP contribution in [0.2, 0.25) is 0 Å². The van der Waals surface area contributed by atoms with Crippen LogP contribution in [0.1, 0.15) is 23.8 Å². The quantitative estimate of drug-likeness (QED) is 0.502. The van der Waals surface area contributed by atoms with Crippen LogP contribution in [0.25, 0.3) is 0 Å². The van der Waals surface area contributed by atoms with Crippen molar-refractivity contribution in [3.63, 3.8) is 0 Å². The molecule has 12 heavy (non-hydrogen) atoms. The third-order valence-corrected chi connectivity index (χ3v) is 1.46. The van der Waals surface area contributed by atoms with Gasteiger partial charge < -0.3 is 4.57 Å². The van der Waals surface area contributed by atoms with Crippen LogP contribution in [0, 0.1) is 0 Å². The average Bonchev–Trinajstić information content (AvgIpc) is 2.47. The van der Waals surface area contributed by atoms with Crippen molar-refractivity contribution < 1.29 is 4.79 Å². The second-order valence-corrected chi connectivity index (χ2v) is 2.60. The Morgan fingerprint density at radius 1 is 1.75 bits per heavy atom. The number of hydrogen-bond acceptors (Lipinski definition) is 2. The molecule has 0 bridgehead atoms. The summed E-state index contributed by atoms with van der Waals surface area (Å²) in [5.74, 6) is -0.0301. The zero-order chi connectivity index (χ0) is 8.97. The van der Waals surface area contributed by atoms with Crippen LogP contribution in [0.5, 0.6) is 0 Å². The topological polar surface area (TPSA) is 34.9 Å². The first-order valence-electron chi connectivity index (χ1n) is 3.93. The zero-order valence-electron chi connectivity index (χ0n) is 7.32. The fourth-order valence-electron chi connectivity index (χ4n) is 0.850. The van der Waals surface area contributed by atoms with Crippen molar-refractivity contribution in [3.05, 3.63) is 30.4 Å². The first kappa shape index (κ1) is 8.71. The predicted octanol–water partition coefficient (Wildman–Crippen LogP) is 1.57. The van der Waals surface area contributed by atoms with E-state index in [1.54, 1.807) is 23.2 Å². The molecule has 1 heterocycles. The van der Waals surface area contributed by atoms with E-state index in [1.165, 1.54) is 0 Å². The smallest absolute Gasteiger partial charge is 0.205 e. The first-order chi connectivity index (χ1) is 5.74. The molecule has 1 aromatic heterocycles. The van der Waals surface area contributed by atoms with Gasteiger partial charge in [-0.3, -0.25) is 4.79 Å². The molecule has 0 N–H and O–H groups in total. The average molecular weight is 164 g/mol. The summed E-state index contributed by atoms with van der Waals surface area (Å²) >= 11 is 0. The van der Waals surface area contributed by atoms with Gasteiger partial charge in [-0.25, -0.2) is 4.98 Å².